The zero-order valence-electron chi connectivity index (χ0n) is 28.9. The maximum absolute atomic E-state index is 16.0. The van der Waals surface area contributed by atoms with Gasteiger partial charge >= 0.3 is 5.97 Å². The van der Waals surface area contributed by atoms with Gasteiger partial charge in [-0.15, -0.1) is 0 Å². The zero-order chi connectivity index (χ0) is 34.3. The van der Waals surface area contributed by atoms with E-state index in [9.17, 15) is 18.8 Å². The Kier molecular flexibility index (Phi) is 13.0. The van der Waals surface area contributed by atoms with Gasteiger partial charge in [-0.1, -0.05) is 13.8 Å². The highest BCUT2D eigenvalue weighted by Crippen LogP contribution is 2.37. The highest BCUT2D eigenvalue weighted by atomic mass is 19.1. The maximum Gasteiger partial charge on any atom is 0.306 e. The Labute approximate surface area is 272 Å². The van der Waals surface area contributed by atoms with Crippen molar-refractivity contribution in [1.29, 1.82) is 0 Å². The monoisotopic (exact) mass is 636 g/mol. The minimum absolute atomic E-state index is 0.153. The summed E-state index contributed by atoms with van der Waals surface area (Å²) in [4.78, 5) is 42.6. The van der Waals surface area contributed by atoms with Crippen LogP contribution in [-0.2, 0) is 20.7 Å². The van der Waals surface area contributed by atoms with Gasteiger partial charge in [0.15, 0.2) is 5.78 Å². The number of ketones is 1. The summed E-state index contributed by atoms with van der Waals surface area (Å²) in [5.74, 6) is -2.17. The number of nitrogens with zero attached hydrogens (tertiary/aromatic N) is 2. The van der Waals surface area contributed by atoms with Crippen LogP contribution in [0.5, 0.6) is 0 Å². The number of aryl methyl sites for hydroxylation is 4. The molecule has 0 amide bonds. The Balaban J connectivity index is 2.13. The number of rotatable bonds is 15. The molecule has 1 heterocycles. The molecule has 6 nitrogen and oxygen atoms in total. The van der Waals surface area contributed by atoms with Crippen molar-refractivity contribution in [2.75, 3.05) is 27.2 Å². The van der Waals surface area contributed by atoms with E-state index in [0.717, 1.165) is 29.7 Å². The van der Waals surface area contributed by atoms with E-state index in [1.165, 1.54) is 16.7 Å². The first-order valence-electron chi connectivity index (χ1n) is 16.2. The fourth-order valence-corrected chi connectivity index (χ4v) is 6.18. The van der Waals surface area contributed by atoms with E-state index in [1.54, 1.807) is 52.1 Å². The number of pyridine rings is 1. The number of hydrogen-bond acceptors (Lipinski definition) is 5. The van der Waals surface area contributed by atoms with E-state index in [-0.39, 0.29) is 42.2 Å². The van der Waals surface area contributed by atoms with Crippen molar-refractivity contribution >= 4 is 11.8 Å². The second-order valence-corrected chi connectivity index (χ2v) is 13.3. The normalized spacial score (nSPS) is 12.9. The third-order valence-corrected chi connectivity index (χ3v) is 8.62. The van der Waals surface area contributed by atoms with Gasteiger partial charge in [-0.2, -0.15) is 0 Å². The van der Waals surface area contributed by atoms with E-state index in [2.05, 4.69) is 18.7 Å². The molecule has 0 saturated heterocycles. The number of likely N-dealkylation sites (N-methyl/N-ethyl adjacent to an activating group) is 1. The second-order valence-electron chi connectivity index (χ2n) is 13.3. The van der Waals surface area contributed by atoms with Gasteiger partial charge in [0, 0.05) is 31.1 Å². The molecule has 8 heteroatoms. The summed E-state index contributed by atoms with van der Waals surface area (Å²) in [6.07, 6.45) is 3.31. The van der Waals surface area contributed by atoms with Crippen LogP contribution in [0.3, 0.4) is 0 Å². The fourth-order valence-electron chi connectivity index (χ4n) is 6.18. The minimum atomic E-state index is -0.831. The number of esters is 1. The Bertz CT molecular complexity index is 1590. The van der Waals surface area contributed by atoms with Crippen molar-refractivity contribution in [2.45, 2.75) is 92.5 Å². The third-order valence-electron chi connectivity index (χ3n) is 8.62. The van der Waals surface area contributed by atoms with Crippen molar-refractivity contribution in [3.8, 4) is 11.1 Å². The number of hydrogen-bond donors (Lipinski definition) is 0. The molecule has 0 saturated carbocycles. The molecule has 250 valence electrons. The van der Waals surface area contributed by atoms with Crippen LogP contribution in [0.25, 0.3) is 11.1 Å². The molecule has 0 aliphatic rings. The number of carbonyl (C=O) groups excluding carboxylic acids is 2. The van der Waals surface area contributed by atoms with Crippen LogP contribution in [0.1, 0.15) is 91.8 Å². The van der Waals surface area contributed by atoms with Gasteiger partial charge in [-0.05, 0) is 143 Å². The largest absolute Gasteiger partial charge is 0.466 e. The van der Waals surface area contributed by atoms with Crippen molar-refractivity contribution in [1.82, 2.24) is 9.47 Å². The summed E-state index contributed by atoms with van der Waals surface area (Å²) >= 11 is 0. The predicted octanol–water partition coefficient (Wildman–Crippen LogP) is 7.80. The van der Waals surface area contributed by atoms with E-state index >= 15 is 4.39 Å². The van der Waals surface area contributed by atoms with Crippen LogP contribution in [0.2, 0.25) is 0 Å². The zero-order valence-corrected chi connectivity index (χ0v) is 28.9. The van der Waals surface area contributed by atoms with Gasteiger partial charge in [0.1, 0.15) is 11.6 Å². The Morgan fingerprint density at radius 3 is 2.13 bits per heavy atom. The number of ether oxygens (including phenoxy) is 1. The summed E-state index contributed by atoms with van der Waals surface area (Å²) in [5, 5.41) is 0. The highest BCUT2D eigenvalue weighted by Gasteiger charge is 2.30. The highest BCUT2D eigenvalue weighted by molar-refractivity contribution is 5.84. The first-order chi connectivity index (χ1) is 21.6. The van der Waals surface area contributed by atoms with E-state index in [0.29, 0.717) is 41.0 Å². The quantitative estimate of drug-likeness (QED) is 0.159. The first kappa shape index (κ1) is 36.8. The molecule has 0 N–H and O–H groups in total. The van der Waals surface area contributed by atoms with Crippen molar-refractivity contribution < 1.29 is 23.1 Å². The van der Waals surface area contributed by atoms with Crippen molar-refractivity contribution in [2.24, 2.45) is 5.92 Å². The van der Waals surface area contributed by atoms with Crippen LogP contribution >= 0.6 is 0 Å². The lowest BCUT2D eigenvalue weighted by Crippen LogP contribution is -2.32. The molecule has 2 aromatic carbocycles. The molecule has 0 aliphatic heterocycles. The van der Waals surface area contributed by atoms with Crippen LogP contribution in [-0.4, -0.2) is 48.5 Å². The van der Waals surface area contributed by atoms with Crippen LogP contribution < -0.4 is 5.56 Å². The smallest absolute Gasteiger partial charge is 0.306 e. The molecule has 0 radical (unpaired) electrons. The molecular weight excluding hydrogens is 586 g/mol. The van der Waals surface area contributed by atoms with E-state index in [4.69, 9.17) is 4.74 Å². The number of halogens is 2. The molecule has 0 aliphatic carbocycles. The summed E-state index contributed by atoms with van der Waals surface area (Å²) < 4.78 is 36.9. The topological polar surface area (TPSA) is 68.6 Å². The predicted molar refractivity (Wildman–Crippen MR) is 180 cm³/mol. The standard InChI is InChI=1S/C38H50F2N2O4/c1-10-46-36(45)21-29(32-19-30(15-27(7)38(32)40)37-25(5)16-31(39)17-26(37)6)20-34(43)33(12-11-23(2)3)42-22-28(13-14-41(8)9)24(4)18-35(42)44/h15-19,22-23,29,33H,10-14,20-21H2,1-9H3/t29-,33?/m0/s1. The molecule has 0 bridgehead atoms. The van der Waals surface area contributed by atoms with Gasteiger partial charge in [-0.25, -0.2) is 8.78 Å². The number of aromatic nitrogens is 1. The van der Waals surface area contributed by atoms with Gasteiger partial charge in [0.05, 0.1) is 19.1 Å². The molecule has 1 aromatic heterocycles. The molecule has 2 atom stereocenters. The Morgan fingerprint density at radius 1 is 0.891 bits per heavy atom. The third kappa shape index (κ3) is 9.44. The molecule has 3 rings (SSSR count). The Morgan fingerprint density at radius 2 is 1.54 bits per heavy atom. The van der Waals surface area contributed by atoms with E-state index < -0.39 is 23.7 Å². The average molecular weight is 637 g/mol. The number of Topliss-reactive ketones (excluding diaryl/α,β-unsaturated/α-hetero) is 1. The summed E-state index contributed by atoms with van der Waals surface area (Å²) in [6.45, 7) is 13.9. The van der Waals surface area contributed by atoms with Crippen LogP contribution in [0, 0.1) is 45.2 Å². The molecule has 46 heavy (non-hydrogen) atoms. The van der Waals surface area contributed by atoms with E-state index in [1.807, 2.05) is 21.0 Å². The van der Waals surface area contributed by atoms with Gasteiger partial charge in [-0.3, -0.25) is 14.4 Å². The van der Waals surface area contributed by atoms with Crippen LogP contribution in [0.4, 0.5) is 8.78 Å². The van der Waals surface area contributed by atoms with Gasteiger partial charge < -0.3 is 14.2 Å². The molecule has 1 unspecified atom stereocenters. The SMILES string of the molecule is CCOC(=O)C[C@H](CC(=O)C(CCC(C)C)n1cc(CCN(C)C)c(C)cc1=O)c1cc(-c2c(C)cc(F)cc2C)cc(C)c1F. The fraction of sp³-hybridized carbons (Fsp3) is 0.500. The Hall–Kier alpha value is -3.65. The lowest BCUT2D eigenvalue weighted by molar-refractivity contribution is -0.143. The number of benzene rings is 2. The van der Waals surface area contributed by atoms with Gasteiger partial charge in [0.2, 0.25) is 0 Å². The van der Waals surface area contributed by atoms with Crippen molar-refractivity contribution in [3.63, 3.8) is 0 Å². The minimum Gasteiger partial charge on any atom is -0.466 e. The summed E-state index contributed by atoms with van der Waals surface area (Å²) in [6, 6.07) is 7.07. The van der Waals surface area contributed by atoms with Crippen LogP contribution in [0.15, 0.2) is 41.3 Å². The van der Waals surface area contributed by atoms with Crippen molar-refractivity contribution in [3.05, 3.63) is 91.9 Å². The lowest BCUT2D eigenvalue weighted by Gasteiger charge is -2.25. The maximum atomic E-state index is 16.0. The molecular formula is C38H50F2N2O4. The molecule has 0 spiro atoms. The second kappa shape index (κ2) is 16.3. The van der Waals surface area contributed by atoms with Gasteiger partial charge in [0.25, 0.3) is 5.56 Å². The molecule has 3 aromatic rings. The first-order valence-corrected chi connectivity index (χ1v) is 16.2. The summed E-state index contributed by atoms with van der Waals surface area (Å²) in [7, 11) is 3.97. The number of carbonyl (C=O) groups is 2. The molecule has 0 fully saturated rings. The lowest BCUT2D eigenvalue weighted by atomic mass is 9.84. The summed E-state index contributed by atoms with van der Waals surface area (Å²) in [5.41, 5.74) is 5.03. The average Bonchev–Trinajstić information content (AvgIpc) is 2.94.